The van der Waals surface area contributed by atoms with Crippen molar-refractivity contribution in [1.82, 2.24) is 54.0 Å². The number of aryl methyl sites for hydroxylation is 2. The number of benzene rings is 4. The maximum Gasteiger partial charge on any atom is 0.292 e. The van der Waals surface area contributed by atoms with Gasteiger partial charge in [-0.3, -0.25) is 4.79 Å². The molecule has 14 aromatic rings. The van der Waals surface area contributed by atoms with Crippen molar-refractivity contribution in [2.75, 3.05) is 40.1 Å². The number of thiazole rings is 2. The van der Waals surface area contributed by atoms with E-state index in [0.29, 0.717) is 50.0 Å². The zero-order valence-electron chi connectivity index (χ0n) is 76.1. The molecule has 15 N–H and O–H groups in total. The third-order valence-electron chi connectivity index (χ3n) is 19.7. The van der Waals surface area contributed by atoms with Gasteiger partial charge in [0.1, 0.15) is 34.3 Å². The molecule has 1 aliphatic rings. The van der Waals surface area contributed by atoms with Crippen molar-refractivity contribution < 1.29 is 9.21 Å². The number of oxazole rings is 1. The summed E-state index contributed by atoms with van der Waals surface area (Å²) < 4.78 is 12.0. The van der Waals surface area contributed by atoms with Gasteiger partial charge in [0.25, 0.3) is 6.01 Å². The molecule has 0 amide bonds. The summed E-state index contributed by atoms with van der Waals surface area (Å²) in [6.07, 6.45) is 15.0. The van der Waals surface area contributed by atoms with E-state index in [4.69, 9.17) is 67.8 Å². The second-order valence-corrected chi connectivity index (χ2v) is 42.4. The van der Waals surface area contributed by atoms with Crippen LogP contribution in [0.15, 0.2) is 169 Å². The first-order valence-electron chi connectivity index (χ1n) is 40.2. The van der Waals surface area contributed by atoms with Crippen molar-refractivity contribution in [3.63, 3.8) is 0 Å². The molecule has 24 heteroatoms. The van der Waals surface area contributed by atoms with Crippen LogP contribution in [-0.4, -0.2) is 59.8 Å². The van der Waals surface area contributed by atoms with Crippen LogP contribution in [0, 0.1) is 5.41 Å². The van der Waals surface area contributed by atoms with E-state index in [-0.39, 0.29) is 60.5 Å². The van der Waals surface area contributed by atoms with Gasteiger partial charge in [-0.05, 0) is 139 Å². The molecule has 1 aliphatic carbocycles. The molecular formula is C96H130Cl2N18O2S2. The average Bonchev–Trinajstić information content (AvgIpc) is 1.64. The fraction of sp³-hybridized carbons (Fsp3) is 0.406. The predicted octanol–water partition coefficient (Wildman–Crippen LogP) is 24.5. The average molecular weight is 1700 g/mol. The number of pyridine rings is 4. The van der Waals surface area contributed by atoms with E-state index in [1.807, 2.05) is 85.2 Å². The monoisotopic (exact) mass is 1700 g/mol. The first-order chi connectivity index (χ1) is 55.1. The second kappa shape index (κ2) is 38.1. The first kappa shape index (κ1) is 96.7. The maximum absolute atomic E-state index is 11.3. The van der Waals surface area contributed by atoms with Crippen LogP contribution >= 0.6 is 45.9 Å². The van der Waals surface area contributed by atoms with Crippen molar-refractivity contribution in [3.8, 4) is 0 Å². The molecule has 20 nitrogen and oxygen atoms in total. The normalized spacial score (nSPS) is 12.7. The van der Waals surface area contributed by atoms with Gasteiger partial charge in [-0.15, -0.1) is 0 Å². The number of aromatic nitrogens is 11. The number of halogens is 2. The number of H-pyrrole nitrogens is 1. The Balaban J connectivity index is 0.000000186. The first-order valence-corrected chi connectivity index (χ1v) is 42.6. The molecule has 0 saturated carbocycles. The topological polar surface area (TPSA) is 341 Å². The zero-order chi connectivity index (χ0) is 90.1. The minimum absolute atomic E-state index is 0.00183. The molecule has 120 heavy (non-hydrogen) atoms. The van der Waals surface area contributed by atoms with Crippen LogP contribution in [0.2, 0.25) is 10.0 Å². The molecule has 0 unspecified atom stereocenters. The van der Waals surface area contributed by atoms with Crippen LogP contribution in [0.3, 0.4) is 0 Å². The Bertz CT molecular complexity index is 5600. The number of anilines is 7. The number of aromatic amines is 1. The van der Waals surface area contributed by atoms with Crippen molar-refractivity contribution in [2.24, 2.45) is 19.5 Å². The summed E-state index contributed by atoms with van der Waals surface area (Å²) in [4.78, 5) is 47.3. The van der Waals surface area contributed by atoms with E-state index in [1.54, 1.807) is 30.1 Å². The van der Waals surface area contributed by atoms with E-state index in [0.717, 1.165) is 76.4 Å². The summed E-state index contributed by atoms with van der Waals surface area (Å²) in [5, 5.41) is 4.94. The van der Waals surface area contributed by atoms with E-state index in [1.165, 1.54) is 49.7 Å². The van der Waals surface area contributed by atoms with Gasteiger partial charge in [-0.1, -0.05) is 275 Å². The molecular weight excluding hydrogens is 1570 g/mol. The zero-order valence-corrected chi connectivity index (χ0v) is 79.3. The van der Waals surface area contributed by atoms with Crippen LogP contribution < -0.4 is 40.1 Å². The summed E-state index contributed by atoms with van der Waals surface area (Å²) in [6.45, 7) is 58.3. The number of nitrogens with zero attached hydrogens (tertiary/aromatic N) is 10. The van der Waals surface area contributed by atoms with Crippen LogP contribution in [0.4, 0.5) is 39.5 Å². The smallest absolute Gasteiger partial charge is 0.292 e. The fourth-order valence-corrected chi connectivity index (χ4v) is 14.8. The molecule has 0 bridgehead atoms. The lowest BCUT2D eigenvalue weighted by Gasteiger charge is -2.22. The highest BCUT2D eigenvalue weighted by molar-refractivity contribution is 7.22. The summed E-state index contributed by atoms with van der Waals surface area (Å²) >= 11 is 15.0. The lowest BCUT2D eigenvalue weighted by atomic mass is 9.81. The highest BCUT2D eigenvalue weighted by Crippen LogP contribution is 2.37. The lowest BCUT2D eigenvalue weighted by molar-refractivity contribution is -0.115. The quantitative estimate of drug-likeness (QED) is 0.0699. The van der Waals surface area contributed by atoms with Gasteiger partial charge in [0.2, 0.25) is 0 Å². The molecule has 0 fully saturated rings. The van der Waals surface area contributed by atoms with Gasteiger partial charge in [0, 0.05) is 102 Å². The van der Waals surface area contributed by atoms with Crippen molar-refractivity contribution in [1.29, 1.82) is 0 Å². The SMILES string of the molecule is CC(C)(C)C1=CC=CCC1=O.CC(C)(C)c1cc(Cl)c2nc[nH]c2c1.CC(C)(C)c1cc(Cl)cnc1N.CC(C)(C)c1ccc2nc(N)oc2c1.CC(C)(C)c1ccc2nc(N)sc2c1.CC(C)(C)c1ccc2sc(N)nc2c1.CC(C)(C)c1cccnc1N.Cn1c(C(C)(C)C)cc2cnc(N)cc21.Cn1c(C(C)(C)C)cc2cnc(N)cc21. The maximum atomic E-state index is 11.3. The van der Waals surface area contributed by atoms with Gasteiger partial charge < -0.3 is 58.7 Å². The lowest BCUT2D eigenvalue weighted by Crippen LogP contribution is -2.18. The number of imidazole rings is 1. The number of nitrogens with two attached hydrogens (primary N) is 7. The summed E-state index contributed by atoms with van der Waals surface area (Å²) in [5.74, 6) is 2.61. The number of carbonyl (C=O) groups is 1. The summed E-state index contributed by atoms with van der Waals surface area (Å²) in [5.41, 5.74) is 59.0. The Morgan fingerprint density at radius 2 is 0.925 bits per heavy atom. The third kappa shape index (κ3) is 26.8. The van der Waals surface area contributed by atoms with Gasteiger partial charge in [-0.25, -0.2) is 34.9 Å². The van der Waals surface area contributed by atoms with Crippen molar-refractivity contribution in [2.45, 2.75) is 237 Å². The van der Waals surface area contributed by atoms with E-state index in [9.17, 15) is 4.79 Å². The number of Topliss-reactive ketones (excluding diaryl/α,β-unsaturated/α-hetero) is 1. The van der Waals surface area contributed by atoms with E-state index in [2.05, 4.69) is 310 Å². The van der Waals surface area contributed by atoms with Crippen LogP contribution in [0.1, 0.15) is 238 Å². The molecule has 10 heterocycles. The number of rotatable bonds is 0. The molecule has 10 aromatic heterocycles. The highest BCUT2D eigenvalue weighted by atomic mass is 35.5. The van der Waals surface area contributed by atoms with Crippen molar-refractivity contribution in [3.05, 3.63) is 219 Å². The largest absolute Gasteiger partial charge is 0.424 e. The standard InChI is InChI=1S/2C12H17N3.C11H13ClN2.C11H14N2O.2C11H14N2S.C10H14O.C9H13ClN2.C9H14N2/c2*1-12(2,3)10-5-8-7-14-11(13)6-9(8)15(10)4;1-11(2,3)7-4-8(12)10-9(5-7)13-6-14-10;1-11(2,3)7-4-5-8-9(6-7)14-10(12)13-8;1-11(2,3)7-4-5-9-8(6-7)13-10(12)14-9;1-11(2,3)7-4-5-8-9(6-7)14-10(12)13-8;1-10(2,3)8-6-4-5-7-9(8)11;1-9(2,3)7-4-6(10)5-12-8(7)11;1-9(2,3)7-5-4-6-11-8(7)10/h2*5-7H,1-4H3,(H2,13,14);4-6H,1-3H3,(H,13,14);3*4-6H,1-3H3,(H2,12,13);4-6H,7H2,1-3H3;4-5H,1-3H3,(H2,11,12);4-6H,1-3H3,(H2,10,11). The molecule has 0 spiro atoms. The van der Waals surface area contributed by atoms with Crippen molar-refractivity contribution >= 4 is 156 Å². The van der Waals surface area contributed by atoms with Crippen LogP contribution in [-0.2, 0) is 62.2 Å². The Hall–Kier alpha value is -10.4. The number of hydrogen-bond donors (Lipinski definition) is 8. The van der Waals surface area contributed by atoms with Gasteiger partial charge >= 0.3 is 0 Å². The molecule has 15 rings (SSSR count). The molecule has 642 valence electrons. The Kier molecular flexibility index (Phi) is 30.7. The number of fused-ring (bicyclic) bond motifs is 6. The summed E-state index contributed by atoms with van der Waals surface area (Å²) in [7, 11) is 4.14. The number of ketones is 1. The third-order valence-corrected chi connectivity index (χ3v) is 21.9. The van der Waals surface area contributed by atoms with Crippen LogP contribution in [0.25, 0.3) is 64.4 Å². The highest BCUT2D eigenvalue weighted by Gasteiger charge is 2.26. The molecule has 0 aliphatic heterocycles. The molecule has 0 saturated heterocycles. The molecule has 0 radical (unpaired) electrons. The fourth-order valence-electron chi connectivity index (χ4n) is 12.9. The number of hydrogen-bond acceptors (Lipinski definition) is 19. The number of nitrogen functional groups attached to an aromatic ring is 7. The van der Waals surface area contributed by atoms with Gasteiger partial charge in [0.05, 0.1) is 53.4 Å². The Morgan fingerprint density at radius 3 is 1.39 bits per heavy atom. The Morgan fingerprint density at radius 1 is 0.442 bits per heavy atom. The predicted molar refractivity (Wildman–Crippen MR) is 516 cm³/mol. The van der Waals surface area contributed by atoms with E-state index >= 15 is 0 Å². The number of allylic oxidation sites excluding steroid dienone is 4. The van der Waals surface area contributed by atoms with Crippen LogP contribution in [0.5, 0.6) is 0 Å². The number of nitrogens with one attached hydrogen (secondary N) is 1. The number of carbonyl (C=O) groups excluding carboxylic acids is 1. The minimum Gasteiger partial charge on any atom is -0.424 e. The Labute approximate surface area is 729 Å². The second-order valence-electron chi connectivity index (χ2n) is 39.4. The van der Waals surface area contributed by atoms with Gasteiger partial charge in [-0.2, -0.15) is 4.98 Å². The van der Waals surface area contributed by atoms with E-state index < -0.39 is 0 Å². The van der Waals surface area contributed by atoms with Gasteiger partial charge in [0.15, 0.2) is 21.6 Å². The summed E-state index contributed by atoms with van der Waals surface area (Å²) in [6, 6.07) is 37.1. The minimum atomic E-state index is 0.00183. The molecule has 4 aromatic carbocycles. The molecule has 0 atom stereocenters.